The lowest BCUT2D eigenvalue weighted by molar-refractivity contribution is -0.117. The van der Waals surface area contributed by atoms with Crippen molar-refractivity contribution in [3.8, 4) is 11.1 Å². The minimum Gasteiger partial charge on any atom is -0.465 e. The van der Waals surface area contributed by atoms with Gasteiger partial charge >= 0.3 is 5.97 Å². The van der Waals surface area contributed by atoms with Crippen molar-refractivity contribution in [1.29, 1.82) is 0 Å². The molecule has 0 unspecified atom stereocenters. The summed E-state index contributed by atoms with van der Waals surface area (Å²) >= 11 is 1.35. The molecule has 1 saturated heterocycles. The van der Waals surface area contributed by atoms with E-state index >= 15 is 0 Å². The standard InChI is InChI=1S/C21H27N3O3S/c1-3-9-23-10-12-24(13-11-23)14-18(25)22-20-19(21(26)27-2)17(15-28-20)16-7-5-4-6-8-16/h4-8,15H,3,9-14H2,1-2H3,(H,22,25). The summed E-state index contributed by atoms with van der Waals surface area (Å²) in [6, 6.07) is 9.65. The number of hydrogen-bond donors (Lipinski definition) is 1. The molecular formula is C21H27N3O3S. The summed E-state index contributed by atoms with van der Waals surface area (Å²) < 4.78 is 4.96. The number of carbonyl (C=O) groups excluding carboxylic acids is 2. The van der Waals surface area contributed by atoms with E-state index in [9.17, 15) is 9.59 Å². The highest BCUT2D eigenvalue weighted by Gasteiger charge is 2.24. The molecule has 0 bridgehead atoms. The number of anilines is 1. The summed E-state index contributed by atoms with van der Waals surface area (Å²) in [7, 11) is 1.36. The van der Waals surface area contributed by atoms with Crippen molar-refractivity contribution in [3.05, 3.63) is 41.3 Å². The zero-order valence-electron chi connectivity index (χ0n) is 16.4. The molecule has 2 heterocycles. The molecule has 28 heavy (non-hydrogen) atoms. The molecule has 1 aromatic carbocycles. The van der Waals surface area contributed by atoms with Crippen molar-refractivity contribution in [2.75, 3.05) is 51.7 Å². The van der Waals surface area contributed by atoms with Crippen LogP contribution in [0, 0.1) is 0 Å². The van der Waals surface area contributed by atoms with Gasteiger partial charge < -0.3 is 15.0 Å². The third kappa shape index (κ3) is 4.98. The van der Waals surface area contributed by atoms with Crippen molar-refractivity contribution in [2.45, 2.75) is 13.3 Å². The number of rotatable bonds is 7. The molecule has 6 nitrogen and oxygen atoms in total. The van der Waals surface area contributed by atoms with Crippen molar-refractivity contribution in [1.82, 2.24) is 9.80 Å². The number of nitrogens with one attached hydrogen (secondary N) is 1. The molecular weight excluding hydrogens is 374 g/mol. The highest BCUT2D eigenvalue weighted by Crippen LogP contribution is 2.36. The molecule has 7 heteroatoms. The Morgan fingerprint density at radius 1 is 1.11 bits per heavy atom. The Morgan fingerprint density at radius 3 is 2.43 bits per heavy atom. The Hall–Kier alpha value is -2.22. The van der Waals surface area contributed by atoms with Crippen LogP contribution in [0.3, 0.4) is 0 Å². The largest absolute Gasteiger partial charge is 0.465 e. The van der Waals surface area contributed by atoms with Gasteiger partial charge in [-0.3, -0.25) is 9.69 Å². The Kier molecular flexibility index (Phi) is 7.19. The molecule has 1 fully saturated rings. The monoisotopic (exact) mass is 401 g/mol. The molecule has 3 rings (SSSR count). The molecule has 0 aliphatic carbocycles. The molecule has 1 aromatic heterocycles. The molecule has 1 N–H and O–H groups in total. The maximum Gasteiger partial charge on any atom is 0.341 e. The quantitative estimate of drug-likeness (QED) is 0.722. The first-order chi connectivity index (χ1) is 13.6. The first-order valence-electron chi connectivity index (χ1n) is 9.62. The van der Waals surface area contributed by atoms with Crippen LogP contribution in [-0.4, -0.2) is 68.1 Å². The molecule has 0 atom stereocenters. The van der Waals surface area contributed by atoms with Gasteiger partial charge in [-0.25, -0.2) is 4.79 Å². The van der Waals surface area contributed by atoms with Crippen LogP contribution in [0.2, 0.25) is 0 Å². The Bertz CT molecular complexity index is 798. The van der Waals surface area contributed by atoms with Gasteiger partial charge in [-0.15, -0.1) is 11.3 Å². The van der Waals surface area contributed by atoms with E-state index in [1.165, 1.54) is 18.4 Å². The van der Waals surface area contributed by atoms with Crippen LogP contribution in [0.5, 0.6) is 0 Å². The van der Waals surface area contributed by atoms with E-state index in [2.05, 4.69) is 22.0 Å². The van der Waals surface area contributed by atoms with Crippen molar-refractivity contribution in [2.24, 2.45) is 0 Å². The molecule has 1 amide bonds. The highest BCUT2D eigenvalue weighted by atomic mass is 32.1. The molecule has 0 saturated carbocycles. The summed E-state index contributed by atoms with van der Waals surface area (Å²) in [5.41, 5.74) is 2.12. The van der Waals surface area contributed by atoms with Crippen LogP contribution in [-0.2, 0) is 9.53 Å². The van der Waals surface area contributed by atoms with Gasteiger partial charge in [-0.2, -0.15) is 0 Å². The lowest BCUT2D eigenvalue weighted by Gasteiger charge is -2.34. The van der Waals surface area contributed by atoms with Gasteiger partial charge in [-0.1, -0.05) is 37.3 Å². The smallest absolute Gasteiger partial charge is 0.341 e. The molecule has 1 aliphatic rings. The normalized spacial score (nSPS) is 15.4. The van der Waals surface area contributed by atoms with E-state index in [0.717, 1.165) is 50.3 Å². The van der Waals surface area contributed by atoms with Gasteiger partial charge in [0.25, 0.3) is 0 Å². The van der Waals surface area contributed by atoms with Crippen LogP contribution in [0.1, 0.15) is 23.7 Å². The van der Waals surface area contributed by atoms with Gasteiger partial charge in [0.05, 0.1) is 13.7 Å². The van der Waals surface area contributed by atoms with E-state index in [0.29, 0.717) is 17.1 Å². The maximum absolute atomic E-state index is 12.6. The van der Waals surface area contributed by atoms with Crippen LogP contribution in [0.4, 0.5) is 5.00 Å². The maximum atomic E-state index is 12.6. The van der Waals surface area contributed by atoms with E-state index in [1.54, 1.807) is 0 Å². The summed E-state index contributed by atoms with van der Waals surface area (Å²) in [6.07, 6.45) is 1.15. The zero-order chi connectivity index (χ0) is 19.9. The van der Waals surface area contributed by atoms with Crippen molar-refractivity contribution >= 4 is 28.2 Å². The lowest BCUT2D eigenvalue weighted by Crippen LogP contribution is -2.48. The number of thiophene rings is 1. The van der Waals surface area contributed by atoms with E-state index in [-0.39, 0.29) is 5.91 Å². The zero-order valence-corrected chi connectivity index (χ0v) is 17.3. The van der Waals surface area contributed by atoms with Crippen molar-refractivity contribution in [3.63, 3.8) is 0 Å². The minimum absolute atomic E-state index is 0.101. The fraction of sp³-hybridized carbons (Fsp3) is 0.429. The van der Waals surface area contributed by atoms with Crippen molar-refractivity contribution < 1.29 is 14.3 Å². The van der Waals surface area contributed by atoms with E-state index in [1.807, 2.05) is 35.7 Å². The number of amides is 1. The molecule has 1 aliphatic heterocycles. The predicted octanol–water partition coefficient (Wildman–Crippen LogP) is 3.17. The fourth-order valence-corrected chi connectivity index (χ4v) is 4.41. The van der Waals surface area contributed by atoms with Crippen LogP contribution in [0.25, 0.3) is 11.1 Å². The van der Waals surface area contributed by atoms with Crippen LogP contribution in [0.15, 0.2) is 35.7 Å². The molecule has 150 valence electrons. The molecule has 0 spiro atoms. The van der Waals surface area contributed by atoms with Gasteiger partial charge in [-0.05, 0) is 18.5 Å². The van der Waals surface area contributed by atoms with Gasteiger partial charge in [0.1, 0.15) is 10.6 Å². The average molecular weight is 402 g/mol. The Balaban J connectivity index is 1.68. The second-order valence-corrected chi connectivity index (χ2v) is 7.76. The number of carbonyl (C=O) groups is 2. The second kappa shape index (κ2) is 9.82. The predicted molar refractivity (Wildman–Crippen MR) is 113 cm³/mol. The number of piperazine rings is 1. The van der Waals surface area contributed by atoms with E-state index in [4.69, 9.17) is 4.74 Å². The number of nitrogens with zero attached hydrogens (tertiary/aromatic N) is 2. The number of esters is 1. The SMILES string of the molecule is CCCN1CCN(CC(=O)Nc2scc(-c3ccccc3)c2C(=O)OC)CC1. The molecule has 0 radical (unpaired) electrons. The average Bonchev–Trinajstić information content (AvgIpc) is 3.13. The minimum atomic E-state index is -0.441. The first kappa shape index (κ1) is 20.5. The Morgan fingerprint density at radius 2 is 1.79 bits per heavy atom. The fourth-order valence-electron chi connectivity index (χ4n) is 3.44. The summed E-state index contributed by atoms with van der Waals surface area (Å²) in [5, 5.41) is 5.35. The highest BCUT2D eigenvalue weighted by molar-refractivity contribution is 7.15. The second-order valence-electron chi connectivity index (χ2n) is 6.88. The summed E-state index contributed by atoms with van der Waals surface area (Å²) in [6.45, 7) is 7.38. The topological polar surface area (TPSA) is 61.9 Å². The van der Waals surface area contributed by atoms with Gasteiger partial charge in [0.15, 0.2) is 0 Å². The third-order valence-electron chi connectivity index (χ3n) is 4.89. The number of methoxy groups -OCH3 is 1. The van der Waals surface area contributed by atoms with Gasteiger partial charge in [0.2, 0.25) is 5.91 Å². The van der Waals surface area contributed by atoms with Crippen LogP contribution < -0.4 is 5.32 Å². The summed E-state index contributed by atoms with van der Waals surface area (Å²) in [4.78, 5) is 29.5. The number of ether oxygens (including phenoxy) is 1. The Labute approximate surface area is 170 Å². The van der Waals surface area contributed by atoms with E-state index < -0.39 is 5.97 Å². The summed E-state index contributed by atoms with van der Waals surface area (Å²) in [5.74, 6) is -0.542. The lowest BCUT2D eigenvalue weighted by atomic mass is 10.0. The van der Waals surface area contributed by atoms with Crippen LogP contribution >= 0.6 is 11.3 Å². The third-order valence-corrected chi connectivity index (χ3v) is 5.79. The first-order valence-corrected chi connectivity index (χ1v) is 10.5. The number of benzene rings is 1. The molecule has 2 aromatic rings. The number of hydrogen-bond acceptors (Lipinski definition) is 6. The van der Waals surface area contributed by atoms with Gasteiger partial charge in [0, 0.05) is 37.1 Å².